The van der Waals surface area contributed by atoms with E-state index in [1.807, 2.05) is 0 Å². The van der Waals surface area contributed by atoms with Crippen molar-refractivity contribution >= 4 is 27.3 Å². The molecular weight excluding hydrogens is 290 g/mol. The molecule has 0 aliphatic rings. The van der Waals surface area contributed by atoms with Gasteiger partial charge in [-0.25, -0.2) is 8.42 Å². The standard InChI is InChI=1S/C14H15N3O3S/c1-17(21(2,19)20)13-7-5-12(6-8-13)16-14(18)11-4-3-9-15-10-11/h3-10H,1-2H3,(H,16,18). The van der Waals surface area contributed by atoms with Crippen LogP contribution in [0.3, 0.4) is 0 Å². The van der Waals surface area contributed by atoms with Gasteiger partial charge in [0.25, 0.3) is 5.91 Å². The fraction of sp³-hybridized carbons (Fsp3) is 0.143. The zero-order valence-electron chi connectivity index (χ0n) is 11.6. The third kappa shape index (κ3) is 3.79. The van der Waals surface area contributed by atoms with Crippen LogP contribution in [-0.2, 0) is 10.0 Å². The van der Waals surface area contributed by atoms with Crippen LogP contribution in [0.25, 0.3) is 0 Å². The second-order valence-electron chi connectivity index (χ2n) is 4.47. The number of hydrogen-bond donors (Lipinski definition) is 1. The molecule has 1 N–H and O–H groups in total. The van der Waals surface area contributed by atoms with Crippen molar-refractivity contribution < 1.29 is 13.2 Å². The molecule has 0 saturated carbocycles. The summed E-state index contributed by atoms with van der Waals surface area (Å²) in [7, 11) is -1.83. The molecule has 1 aromatic heterocycles. The Hall–Kier alpha value is -2.41. The summed E-state index contributed by atoms with van der Waals surface area (Å²) in [6.45, 7) is 0. The number of rotatable bonds is 4. The Bertz CT molecular complexity index is 728. The number of benzene rings is 1. The summed E-state index contributed by atoms with van der Waals surface area (Å²) < 4.78 is 24.0. The number of anilines is 2. The first-order valence-corrected chi connectivity index (χ1v) is 7.98. The summed E-state index contributed by atoms with van der Waals surface area (Å²) in [4.78, 5) is 15.8. The molecule has 110 valence electrons. The average molecular weight is 305 g/mol. The molecule has 1 amide bonds. The molecule has 2 rings (SSSR count). The van der Waals surface area contributed by atoms with Crippen LogP contribution >= 0.6 is 0 Å². The highest BCUT2D eigenvalue weighted by Crippen LogP contribution is 2.19. The second kappa shape index (κ2) is 5.92. The maximum absolute atomic E-state index is 11.9. The molecule has 2 aromatic rings. The van der Waals surface area contributed by atoms with Crippen molar-refractivity contribution in [3.05, 3.63) is 54.4 Å². The van der Waals surface area contributed by atoms with E-state index in [0.717, 1.165) is 6.26 Å². The largest absolute Gasteiger partial charge is 0.322 e. The van der Waals surface area contributed by atoms with Crippen LogP contribution in [0.1, 0.15) is 10.4 Å². The van der Waals surface area contributed by atoms with Gasteiger partial charge in [-0.2, -0.15) is 0 Å². The van der Waals surface area contributed by atoms with Gasteiger partial charge >= 0.3 is 0 Å². The molecule has 0 unspecified atom stereocenters. The maximum Gasteiger partial charge on any atom is 0.257 e. The molecule has 0 atom stereocenters. The number of nitrogens with one attached hydrogen (secondary N) is 1. The van der Waals surface area contributed by atoms with Gasteiger partial charge in [-0.3, -0.25) is 14.1 Å². The zero-order chi connectivity index (χ0) is 15.5. The Kier molecular flexibility index (Phi) is 4.23. The van der Waals surface area contributed by atoms with E-state index in [9.17, 15) is 13.2 Å². The highest BCUT2D eigenvalue weighted by Gasteiger charge is 2.12. The predicted octanol–water partition coefficient (Wildman–Crippen LogP) is 1.73. The van der Waals surface area contributed by atoms with Gasteiger partial charge in [0.1, 0.15) is 0 Å². The number of amides is 1. The molecule has 0 bridgehead atoms. The summed E-state index contributed by atoms with van der Waals surface area (Å²) in [5.41, 5.74) is 1.56. The Morgan fingerprint density at radius 1 is 1.19 bits per heavy atom. The first kappa shape index (κ1) is 15.0. The van der Waals surface area contributed by atoms with Crippen LogP contribution in [0, 0.1) is 0 Å². The van der Waals surface area contributed by atoms with Crippen molar-refractivity contribution in [3.63, 3.8) is 0 Å². The third-order valence-electron chi connectivity index (χ3n) is 2.91. The molecule has 0 radical (unpaired) electrons. The van der Waals surface area contributed by atoms with Gasteiger partial charge < -0.3 is 5.32 Å². The maximum atomic E-state index is 11.9. The normalized spacial score (nSPS) is 11.0. The average Bonchev–Trinajstić information content (AvgIpc) is 2.47. The summed E-state index contributed by atoms with van der Waals surface area (Å²) in [5.74, 6) is -0.271. The molecule has 1 heterocycles. The molecule has 0 aliphatic heterocycles. The van der Waals surface area contributed by atoms with Crippen molar-refractivity contribution in [1.29, 1.82) is 0 Å². The predicted molar refractivity (Wildman–Crippen MR) is 81.9 cm³/mol. The highest BCUT2D eigenvalue weighted by atomic mass is 32.2. The fourth-order valence-corrected chi connectivity index (χ4v) is 2.15. The van der Waals surface area contributed by atoms with Gasteiger partial charge in [-0.05, 0) is 36.4 Å². The van der Waals surface area contributed by atoms with E-state index in [4.69, 9.17) is 0 Å². The Morgan fingerprint density at radius 2 is 1.86 bits per heavy atom. The van der Waals surface area contributed by atoms with Crippen LogP contribution in [0.2, 0.25) is 0 Å². The molecule has 21 heavy (non-hydrogen) atoms. The lowest BCUT2D eigenvalue weighted by atomic mass is 10.2. The van der Waals surface area contributed by atoms with Crippen LogP contribution in [0.15, 0.2) is 48.8 Å². The summed E-state index contributed by atoms with van der Waals surface area (Å²) in [6.07, 6.45) is 4.19. The number of pyridine rings is 1. The van der Waals surface area contributed by atoms with Crippen molar-refractivity contribution in [2.45, 2.75) is 0 Å². The van der Waals surface area contributed by atoms with Crippen molar-refractivity contribution in [2.24, 2.45) is 0 Å². The van der Waals surface area contributed by atoms with Gasteiger partial charge in [0, 0.05) is 25.1 Å². The second-order valence-corrected chi connectivity index (χ2v) is 6.49. The molecule has 0 saturated heterocycles. The number of nitrogens with zero attached hydrogens (tertiary/aromatic N) is 2. The molecule has 7 heteroatoms. The van der Waals surface area contributed by atoms with Gasteiger partial charge in [0.2, 0.25) is 10.0 Å². The molecule has 1 aromatic carbocycles. The van der Waals surface area contributed by atoms with E-state index in [0.29, 0.717) is 16.9 Å². The van der Waals surface area contributed by atoms with Crippen molar-refractivity contribution in [2.75, 3.05) is 22.9 Å². The third-order valence-corrected chi connectivity index (χ3v) is 4.12. The first-order chi connectivity index (χ1) is 9.88. The van der Waals surface area contributed by atoms with Crippen LogP contribution in [-0.4, -0.2) is 32.6 Å². The van der Waals surface area contributed by atoms with E-state index in [1.165, 1.54) is 17.5 Å². The minimum atomic E-state index is -3.30. The van der Waals surface area contributed by atoms with Crippen molar-refractivity contribution in [1.82, 2.24) is 4.98 Å². The fourth-order valence-electron chi connectivity index (χ4n) is 1.65. The lowest BCUT2D eigenvalue weighted by molar-refractivity contribution is 0.102. The molecular formula is C14H15N3O3S. The van der Waals surface area contributed by atoms with E-state index < -0.39 is 10.0 Å². The minimum absolute atomic E-state index is 0.271. The van der Waals surface area contributed by atoms with E-state index >= 15 is 0 Å². The van der Waals surface area contributed by atoms with E-state index in [2.05, 4.69) is 10.3 Å². The van der Waals surface area contributed by atoms with E-state index in [-0.39, 0.29) is 5.91 Å². The topological polar surface area (TPSA) is 79.4 Å². The van der Waals surface area contributed by atoms with Crippen LogP contribution in [0.5, 0.6) is 0 Å². The highest BCUT2D eigenvalue weighted by molar-refractivity contribution is 7.92. The quantitative estimate of drug-likeness (QED) is 0.933. The summed E-state index contributed by atoms with van der Waals surface area (Å²) in [5, 5.41) is 2.72. The van der Waals surface area contributed by atoms with Crippen LogP contribution in [0.4, 0.5) is 11.4 Å². The molecule has 6 nitrogen and oxygen atoms in total. The van der Waals surface area contributed by atoms with Crippen molar-refractivity contribution in [3.8, 4) is 0 Å². The summed E-state index contributed by atoms with van der Waals surface area (Å²) >= 11 is 0. The SMILES string of the molecule is CN(c1ccc(NC(=O)c2cccnc2)cc1)S(C)(=O)=O. The van der Waals surface area contributed by atoms with Gasteiger partial charge in [0.15, 0.2) is 0 Å². The summed E-state index contributed by atoms with van der Waals surface area (Å²) in [6, 6.07) is 9.88. The lowest BCUT2D eigenvalue weighted by Crippen LogP contribution is -2.24. The Labute approximate surface area is 123 Å². The molecule has 0 aliphatic carbocycles. The Balaban J connectivity index is 2.12. The van der Waals surface area contributed by atoms with Gasteiger partial charge in [0.05, 0.1) is 17.5 Å². The van der Waals surface area contributed by atoms with E-state index in [1.54, 1.807) is 42.6 Å². The zero-order valence-corrected chi connectivity index (χ0v) is 12.5. The molecule has 0 spiro atoms. The van der Waals surface area contributed by atoms with Gasteiger partial charge in [-0.1, -0.05) is 0 Å². The molecule has 0 fully saturated rings. The van der Waals surface area contributed by atoms with Gasteiger partial charge in [-0.15, -0.1) is 0 Å². The number of hydrogen-bond acceptors (Lipinski definition) is 4. The smallest absolute Gasteiger partial charge is 0.257 e. The number of aromatic nitrogens is 1. The number of carbonyl (C=O) groups is 1. The van der Waals surface area contributed by atoms with Crippen LogP contribution < -0.4 is 9.62 Å². The first-order valence-electron chi connectivity index (χ1n) is 6.13. The number of carbonyl (C=O) groups excluding carboxylic acids is 1. The Morgan fingerprint density at radius 3 is 2.38 bits per heavy atom. The monoisotopic (exact) mass is 305 g/mol. The number of sulfonamides is 1. The lowest BCUT2D eigenvalue weighted by Gasteiger charge is -2.16. The minimum Gasteiger partial charge on any atom is -0.322 e.